The molecule has 3 heteroatoms. The lowest BCUT2D eigenvalue weighted by molar-refractivity contribution is -0.122. The van der Waals surface area contributed by atoms with Gasteiger partial charge < -0.3 is 11.1 Å². The van der Waals surface area contributed by atoms with Crippen LogP contribution in [0.1, 0.15) is 65.7 Å². The van der Waals surface area contributed by atoms with Crippen molar-refractivity contribution in [3.05, 3.63) is 0 Å². The summed E-state index contributed by atoms with van der Waals surface area (Å²) in [7, 11) is 0. The van der Waals surface area contributed by atoms with Gasteiger partial charge in [-0.15, -0.1) is 0 Å². The molecule has 0 heterocycles. The molecule has 0 aliphatic heterocycles. The van der Waals surface area contributed by atoms with E-state index in [0.29, 0.717) is 12.5 Å². The Balaban J connectivity index is 3.91. The molecule has 0 aromatic rings. The third-order valence-electron chi connectivity index (χ3n) is 2.88. The fourth-order valence-electron chi connectivity index (χ4n) is 1.76. The second kappa shape index (κ2) is 9.64. The van der Waals surface area contributed by atoms with Crippen LogP contribution in [0, 0.1) is 0 Å². The van der Waals surface area contributed by atoms with Gasteiger partial charge in [0.1, 0.15) is 0 Å². The first-order valence-corrected chi connectivity index (χ1v) is 6.68. The summed E-state index contributed by atoms with van der Waals surface area (Å²) in [5.41, 5.74) is 5.76. The Bertz CT molecular complexity index is 183. The van der Waals surface area contributed by atoms with Gasteiger partial charge in [-0.05, 0) is 19.3 Å². The number of hydrogen-bond acceptors (Lipinski definition) is 2. The molecule has 16 heavy (non-hydrogen) atoms. The lowest BCUT2D eigenvalue weighted by atomic mass is 10.0. The van der Waals surface area contributed by atoms with E-state index in [0.717, 1.165) is 25.7 Å². The molecular formula is C13H28N2O. The van der Waals surface area contributed by atoms with Gasteiger partial charge in [0.05, 0.1) is 0 Å². The molecule has 0 bridgehead atoms. The molecule has 0 saturated heterocycles. The topological polar surface area (TPSA) is 55.1 Å². The third kappa shape index (κ3) is 7.69. The van der Waals surface area contributed by atoms with Crippen LogP contribution in [0.25, 0.3) is 0 Å². The summed E-state index contributed by atoms with van der Waals surface area (Å²) in [4.78, 5) is 11.7. The zero-order valence-corrected chi connectivity index (χ0v) is 11.1. The van der Waals surface area contributed by atoms with E-state index in [4.69, 9.17) is 5.73 Å². The van der Waals surface area contributed by atoms with Gasteiger partial charge in [-0.2, -0.15) is 0 Å². The van der Waals surface area contributed by atoms with Crippen LogP contribution >= 0.6 is 0 Å². The Hall–Kier alpha value is -0.570. The van der Waals surface area contributed by atoms with Crippen LogP contribution in [-0.2, 0) is 4.79 Å². The predicted molar refractivity (Wildman–Crippen MR) is 69.2 cm³/mol. The number of amides is 1. The van der Waals surface area contributed by atoms with E-state index in [2.05, 4.69) is 19.2 Å². The van der Waals surface area contributed by atoms with Crippen LogP contribution in [0.4, 0.5) is 0 Å². The van der Waals surface area contributed by atoms with Crippen LogP contribution in [0.5, 0.6) is 0 Å². The summed E-state index contributed by atoms with van der Waals surface area (Å²) < 4.78 is 0. The first-order chi connectivity index (χ1) is 7.63. The van der Waals surface area contributed by atoms with E-state index < -0.39 is 0 Å². The van der Waals surface area contributed by atoms with Gasteiger partial charge in [-0.25, -0.2) is 0 Å². The zero-order chi connectivity index (χ0) is 12.4. The van der Waals surface area contributed by atoms with Crippen molar-refractivity contribution in [2.45, 2.75) is 77.8 Å². The van der Waals surface area contributed by atoms with Gasteiger partial charge in [0.2, 0.25) is 5.91 Å². The molecule has 2 unspecified atom stereocenters. The van der Waals surface area contributed by atoms with Crippen LogP contribution in [0.3, 0.4) is 0 Å². The summed E-state index contributed by atoms with van der Waals surface area (Å²) >= 11 is 0. The quantitative estimate of drug-likeness (QED) is 0.637. The number of hydrogen-bond donors (Lipinski definition) is 2. The number of nitrogens with two attached hydrogens (primary N) is 1. The van der Waals surface area contributed by atoms with Crippen molar-refractivity contribution in [3.63, 3.8) is 0 Å². The standard InChI is InChI=1S/C13H28N2O/c1-4-7-9-12(8-5-2)15-13(16)10-11(14)6-3/h11-12H,4-10,14H2,1-3H3,(H,15,16). The van der Waals surface area contributed by atoms with Gasteiger partial charge in [0, 0.05) is 18.5 Å². The maximum atomic E-state index is 11.7. The Morgan fingerprint density at radius 1 is 1.19 bits per heavy atom. The van der Waals surface area contributed by atoms with Crippen molar-refractivity contribution >= 4 is 5.91 Å². The smallest absolute Gasteiger partial charge is 0.221 e. The molecule has 3 nitrogen and oxygen atoms in total. The van der Waals surface area contributed by atoms with E-state index in [1.165, 1.54) is 12.8 Å². The molecule has 0 aliphatic carbocycles. The summed E-state index contributed by atoms with van der Waals surface area (Å²) in [6.45, 7) is 6.35. The van der Waals surface area contributed by atoms with Gasteiger partial charge in [-0.3, -0.25) is 4.79 Å². The van der Waals surface area contributed by atoms with Crippen molar-refractivity contribution in [3.8, 4) is 0 Å². The van der Waals surface area contributed by atoms with Crippen LogP contribution in [0.15, 0.2) is 0 Å². The molecule has 0 aromatic carbocycles. The highest BCUT2D eigenvalue weighted by molar-refractivity contribution is 5.76. The van der Waals surface area contributed by atoms with Crippen molar-refractivity contribution < 1.29 is 4.79 Å². The molecule has 0 radical (unpaired) electrons. The highest BCUT2D eigenvalue weighted by Crippen LogP contribution is 2.07. The molecule has 3 N–H and O–H groups in total. The third-order valence-corrected chi connectivity index (χ3v) is 2.88. The first kappa shape index (κ1) is 15.4. The molecular weight excluding hydrogens is 200 g/mol. The molecule has 0 aromatic heterocycles. The maximum Gasteiger partial charge on any atom is 0.221 e. The molecule has 1 amide bonds. The highest BCUT2D eigenvalue weighted by atomic mass is 16.1. The highest BCUT2D eigenvalue weighted by Gasteiger charge is 2.13. The fraction of sp³-hybridized carbons (Fsp3) is 0.923. The Morgan fingerprint density at radius 3 is 2.38 bits per heavy atom. The first-order valence-electron chi connectivity index (χ1n) is 6.68. The van der Waals surface area contributed by atoms with Gasteiger partial charge in [0.25, 0.3) is 0 Å². The normalized spacial score (nSPS) is 14.5. The van der Waals surface area contributed by atoms with Crippen molar-refractivity contribution in [1.82, 2.24) is 5.32 Å². The van der Waals surface area contributed by atoms with E-state index >= 15 is 0 Å². The number of rotatable bonds is 9. The molecule has 96 valence electrons. The monoisotopic (exact) mass is 228 g/mol. The number of unbranched alkanes of at least 4 members (excludes halogenated alkanes) is 1. The molecule has 0 spiro atoms. The largest absolute Gasteiger partial charge is 0.353 e. The lowest BCUT2D eigenvalue weighted by Crippen LogP contribution is -2.38. The summed E-state index contributed by atoms with van der Waals surface area (Å²) in [5, 5.41) is 3.10. The number of carbonyl (C=O) groups is 1. The number of nitrogens with one attached hydrogen (secondary N) is 1. The van der Waals surface area contributed by atoms with E-state index in [-0.39, 0.29) is 11.9 Å². The van der Waals surface area contributed by atoms with Gasteiger partial charge >= 0.3 is 0 Å². The zero-order valence-electron chi connectivity index (χ0n) is 11.1. The lowest BCUT2D eigenvalue weighted by Gasteiger charge is -2.19. The summed E-state index contributed by atoms with van der Waals surface area (Å²) in [6.07, 6.45) is 6.98. The van der Waals surface area contributed by atoms with Crippen molar-refractivity contribution in [1.29, 1.82) is 0 Å². The Labute approximate surface area is 100 Å². The van der Waals surface area contributed by atoms with E-state index in [1.54, 1.807) is 0 Å². The summed E-state index contributed by atoms with van der Waals surface area (Å²) in [6, 6.07) is 0.356. The second-order valence-corrected chi connectivity index (χ2v) is 4.57. The molecule has 0 saturated carbocycles. The van der Waals surface area contributed by atoms with Gasteiger partial charge in [-0.1, -0.05) is 40.0 Å². The van der Waals surface area contributed by atoms with Crippen molar-refractivity contribution in [2.75, 3.05) is 0 Å². The number of carbonyl (C=O) groups excluding carboxylic acids is 1. The van der Waals surface area contributed by atoms with Crippen LogP contribution in [-0.4, -0.2) is 18.0 Å². The SMILES string of the molecule is CCCCC(CCC)NC(=O)CC(N)CC. The average Bonchev–Trinajstić information content (AvgIpc) is 2.25. The molecule has 0 fully saturated rings. The van der Waals surface area contributed by atoms with Gasteiger partial charge in [0.15, 0.2) is 0 Å². The average molecular weight is 228 g/mol. The Kier molecular flexibility index (Phi) is 9.30. The molecule has 0 aliphatic rings. The maximum absolute atomic E-state index is 11.7. The molecule has 2 atom stereocenters. The van der Waals surface area contributed by atoms with Crippen LogP contribution in [0.2, 0.25) is 0 Å². The minimum absolute atomic E-state index is 0.00783. The minimum Gasteiger partial charge on any atom is -0.353 e. The summed E-state index contributed by atoms with van der Waals surface area (Å²) in [5.74, 6) is 0.115. The fourth-order valence-corrected chi connectivity index (χ4v) is 1.76. The minimum atomic E-state index is 0.00783. The molecule has 0 rings (SSSR count). The second-order valence-electron chi connectivity index (χ2n) is 4.57. The van der Waals surface area contributed by atoms with E-state index in [1.807, 2.05) is 6.92 Å². The van der Waals surface area contributed by atoms with E-state index in [9.17, 15) is 4.79 Å². The predicted octanol–water partition coefficient (Wildman–Crippen LogP) is 2.59. The van der Waals surface area contributed by atoms with Crippen molar-refractivity contribution in [2.24, 2.45) is 5.73 Å². The van der Waals surface area contributed by atoms with Crippen LogP contribution < -0.4 is 11.1 Å². The Morgan fingerprint density at radius 2 is 1.88 bits per heavy atom.